The minimum Gasteiger partial charge on any atom is -0.459 e. The van der Waals surface area contributed by atoms with Crippen molar-refractivity contribution in [2.75, 3.05) is 17.7 Å². The maximum Gasteiger partial charge on any atom is 0.338 e. The van der Waals surface area contributed by atoms with E-state index < -0.39 is 5.97 Å². The van der Waals surface area contributed by atoms with E-state index in [1.165, 1.54) is 11.8 Å². The monoisotopic (exact) mass is 481 g/mol. The number of carbonyl (C=O) groups is 2. The fraction of sp³-hybridized carbons (Fsp3) is 0.360. The molecule has 1 fully saturated rings. The van der Waals surface area contributed by atoms with E-state index in [0.29, 0.717) is 40.5 Å². The highest BCUT2D eigenvalue weighted by molar-refractivity contribution is 7.99. The SMILES string of the molecule is CC(C)OC(=O)c1ccc(NC(=O)CSc2nc3ccccc3c(=O)n2CC2CCCO2)cc1. The number of carbonyl (C=O) groups excluding carboxylic acids is 2. The van der Waals surface area contributed by atoms with E-state index in [1.54, 1.807) is 54.8 Å². The van der Waals surface area contributed by atoms with Crippen LogP contribution in [0.2, 0.25) is 0 Å². The number of hydrogen-bond acceptors (Lipinski definition) is 7. The molecule has 178 valence electrons. The van der Waals surface area contributed by atoms with Gasteiger partial charge in [-0.3, -0.25) is 14.2 Å². The minimum absolute atomic E-state index is 0.0326. The first kappa shape index (κ1) is 24.0. The highest BCUT2D eigenvalue weighted by Gasteiger charge is 2.20. The summed E-state index contributed by atoms with van der Waals surface area (Å²) in [7, 11) is 0. The topological polar surface area (TPSA) is 99.5 Å². The van der Waals surface area contributed by atoms with Crippen LogP contribution in [0.1, 0.15) is 37.0 Å². The quantitative estimate of drug-likeness (QED) is 0.296. The van der Waals surface area contributed by atoms with Crippen molar-refractivity contribution in [2.24, 2.45) is 0 Å². The van der Waals surface area contributed by atoms with E-state index >= 15 is 0 Å². The van der Waals surface area contributed by atoms with Crippen molar-refractivity contribution >= 4 is 40.2 Å². The highest BCUT2D eigenvalue weighted by Crippen LogP contribution is 2.21. The van der Waals surface area contributed by atoms with Gasteiger partial charge in [0.25, 0.3) is 5.56 Å². The summed E-state index contributed by atoms with van der Waals surface area (Å²) in [6.45, 7) is 4.68. The maximum atomic E-state index is 13.1. The fourth-order valence-corrected chi connectivity index (χ4v) is 4.52. The van der Waals surface area contributed by atoms with Gasteiger partial charge in [-0.1, -0.05) is 23.9 Å². The Balaban J connectivity index is 1.45. The standard InChI is InChI=1S/C25H27N3O5S/c1-16(2)33-24(31)17-9-11-18(12-10-17)26-22(29)15-34-25-27-21-8-4-3-7-20(21)23(30)28(25)14-19-6-5-13-32-19/h3-4,7-12,16,19H,5-6,13-15H2,1-2H3,(H,26,29). The molecule has 8 nitrogen and oxygen atoms in total. The average molecular weight is 482 g/mol. The van der Waals surface area contributed by atoms with Crippen LogP contribution in [0.3, 0.4) is 0 Å². The normalized spacial score (nSPS) is 15.6. The Morgan fingerprint density at radius 1 is 1.21 bits per heavy atom. The second kappa shape index (κ2) is 10.8. The molecule has 0 bridgehead atoms. The van der Waals surface area contributed by atoms with E-state index in [1.807, 2.05) is 12.1 Å². The summed E-state index contributed by atoms with van der Waals surface area (Å²) in [4.78, 5) is 42.4. The van der Waals surface area contributed by atoms with Crippen molar-refractivity contribution in [1.82, 2.24) is 9.55 Å². The van der Waals surface area contributed by atoms with Crippen LogP contribution < -0.4 is 10.9 Å². The molecule has 1 aliphatic heterocycles. The van der Waals surface area contributed by atoms with Crippen LogP contribution in [-0.4, -0.2) is 46.0 Å². The summed E-state index contributed by atoms with van der Waals surface area (Å²) >= 11 is 1.21. The smallest absolute Gasteiger partial charge is 0.338 e. The van der Waals surface area contributed by atoms with Crippen LogP contribution in [0.4, 0.5) is 5.69 Å². The first-order chi connectivity index (χ1) is 16.4. The Morgan fingerprint density at radius 2 is 1.97 bits per heavy atom. The van der Waals surface area contributed by atoms with Gasteiger partial charge in [-0.2, -0.15) is 0 Å². The van der Waals surface area contributed by atoms with Crippen molar-refractivity contribution in [2.45, 2.75) is 50.6 Å². The number of aromatic nitrogens is 2. The Bertz CT molecular complexity index is 1230. The number of ether oxygens (including phenoxy) is 2. The van der Waals surface area contributed by atoms with Crippen molar-refractivity contribution in [1.29, 1.82) is 0 Å². The summed E-state index contributed by atoms with van der Waals surface area (Å²) in [5, 5.41) is 3.85. The molecular weight excluding hydrogens is 454 g/mol. The molecular formula is C25H27N3O5S. The molecule has 1 amide bonds. The number of fused-ring (bicyclic) bond motifs is 1. The molecule has 2 heterocycles. The first-order valence-electron chi connectivity index (χ1n) is 11.3. The zero-order valence-electron chi connectivity index (χ0n) is 19.2. The summed E-state index contributed by atoms with van der Waals surface area (Å²) in [6, 6.07) is 13.7. The number of nitrogens with zero attached hydrogens (tertiary/aromatic N) is 2. The predicted octanol–water partition coefficient (Wildman–Crippen LogP) is 3.87. The number of anilines is 1. The van der Waals surface area contributed by atoms with Gasteiger partial charge in [-0.05, 0) is 63.1 Å². The van der Waals surface area contributed by atoms with Crippen LogP contribution in [0.15, 0.2) is 58.5 Å². The molecule has 1 unspecified atom stereocenters. The van der Waals surface area contributed by atoms with Crippen molar-refractivity contribution < 1.29 is 19.1 Å². The van der Waals surface area contributed by atoms with Crippen LogP contribution >= 0.6 is 11.8 Å². The number of benzene rings is 2. The molecule has 0 spiro atoms. The number of esters is 1. The van der Waals surface area contributed by atoms with Gasteiger partial charge in [0.2, 0.25) is 5.91 Å². The van der Waals surface area contributed by atoms with Crippen LogP contribution in [0.25, 0.3) is 10.9 Å². The Hall–Kier alpha value is -3.17. The van der Waals surface area contributed by atoms with Gasteiger partial charge in [0.05, 0.1) is 41.0 Å². The van der Waals surface area contributed by atoms with E-state index in [2.05, 4.69) is 10.3 Å². The zero-order chi connectivity index (χ0) is 24.1. The first-order valence-corrected chi connectivity index (χ1v) is 12.2. The van der Waals surface area contributed by atoms with Crippen LogP contribution in [0, 0.1) is 0 Å². The molecule has 0 radical (unpaired) electrons. The molecule has 4 rings (SSSR count). The third-order valence-electron chi connectivity index (χ3n) is 5.32. The van der Waals surface area contributed by atoms with Crippen LogP contribution in [0.5, 0.6) is 0 Å². The lowest BCUT2D eigenvalue weighted by atomic mass is 10.2. The average Bonchev–Trinajstić information content (AvgIpc) is 3.33. The van der Waals surface area contributed by atoms with E-state index in [9.17, 15) is 14.4 Å². The van der Waals surface area contributed by atoms with Gasteiger partial charge in [-0.25, -0.2) is 9.78 Å². The van der Waals surface area contributed by atoms with Crippen molar-refractivity contribution in [3.05, 3.63) is 64.4 Å². The lowest BCUT2D eigenvalue weighted by Gasteiger charge is -2.16. The lowest BCUT2D eigenvalue weighted by Crippen LogP contribution is -2.29. The van der Waals surface area contributed by atoms with E-state index in [4.69, 9.17) is 9.47 Å². The lowest BCUT2D eigenvalue weighted by molar-refractivity contribution is -0.113. The molecule has 0 saturated carbocycles. The maximum absolute atomic E-state index is 13.1. The van der Waals surface area contributed by atoms with Gasteiger partial charge in [0, 0.05) is 12.3 Å². The number of hydrogen-bond donors (Lipinski definition) is 1. The predicted molar refractivity (Wildman–Crippen MR) is 131 cm³/mol. The zero-order valence-corrected chi connectivity index (χ0v) is 20.0. The van der Waals surface area contributed by atoms with Gasteiger partial charge >= 0.3 is 5.97 Å². The number of nitrogens with one attached hydrogen (secondary N) is 1. The molecule has 1 atom stereocenters. The molecule has 9 heteroatoms. The highest BCUT2D eigenvalue weighted by atomic mass is 32.2. The minimum atomic E-state index is -0.407. The summed E-state index contributed by atoms with van der Waals surface area (Å²) < 4.78 is 12.5. The third-order valence-corrected chi connectivity index (χ3v) is 6.29. The molecule has 1 N–H and O–H groups in total. The summed E-state index contributed by atoms with van der Waals surface area (Å²) in [6.07, 6.45) is 1.63. The molecule has 1 aromatic heterocycles. The molecule has 0 aliphatic carbocycles. The Labute approximate surface area is 201 Å². The van der Waals surface area contributed by atoms with E-state index in [0.717, 1.165) is 12.8 Å². The Morgan fingerprint density at radius 3 is 2.68 bits per heavy atom. The van der Waals surface area contributed by atoms with E-state index in [-0.39, 0.29) is 29.4 Å². The Kier molecular flexibility index (Phi) is 7.64. The van der Waals surface area contributed by atoms with Gasteiger partial charge in [0.1, 0.15) is 0 Å². The molecule has 2 aromatic carbocycles. The third kappa shape index (κ3) is 5.84. The van der Waals surface area contributed by atoms with Gasteiger partial charge < -0.3 is 14.8 Å². The number of amides is 1. The fourth-order valence-electron chi connectivity index (χ4n) is 3.71. The summed E-state index contributed by atoms with van der Waals surface area (Å²) in [5.41, 5.74) is 1.45. The second-order valence-corrected chi connectivity index (χ2v) is 9.27. The van der Waals surface area contributed by atoms with Gasteiger partial charge in [0.15, 0.2) is 5.16 Å². The molecule has 34 heavy (non-hydrogen) atoms. The van der Waals surface area contributed by atoms with Crippen molar-refractivity contribution in [3.8, 4) is 0 Å². The molecule has 1 aliphatic rings. The molecule has 3 aromatic rings. The number of para-hydroxylation sites is 1. The van der Waals surface area contributed by atoms with Crippen molar-refractivity contribution in [3.63, 3.8) is 0 Å². The van der Waals surface area contributed by atoms with Crippen LogP contribution in [-0.2, 0) is 20.8 Å². The number of thioether (sulfide) groups is 1. The van der Waals surface area contributed by atoms with Gasteiger partial charge in [-0.15, -0.1) is 0 Å². The molecule has 1 saturated heterocycles. The summed E-state index contributed by atoms with van der Waals surface area (Å²) in [5.74, 6) is -0.573. The number of rotatable bonds is 8. The second-order valence-electron chi connectivity index (χ2n) is 8.33. The largest absolute Gasteiger partial charge is 0.459 e.